The van der Waals surface area contributed by atoms with Crippen LogP contribution < -0.4 is 5.32 Å². The number of rotatable bonds is 6. The molecule has 1 unspecified atom stereocenters. The molecular weight excluding hydrogens is 288 g/mol. The van der Waals surface area contributed by atoms with Crippen LogP contribution in [0.4, 0.5) is 0 Å². The second-order valence-corrected chi connectivity index (χ2v) is 6.07. The van der Waals surface area contributed by atoms with Gasteiger partial charge in [0, 0.05) is 19.6 Å². The quantitative estimate of drug-likeness (QED) is 0.609. The lowest BCUT2D eigenvalue weighted by Crippen LogP contribution is -2.58. The predicted molar refractivity (Wildman–Crippen MR) is 70.4 cm³/mol. The topological polar surface area (TPSA) is 102 Å². The largest absolute Gasteiger partial charge is 0.465 e. The number of nitrogens with zero attached hydrogens (tertiary/aromatic N) is 1. The number of sulfonamides is 1. The third-order valence-electron chi connectivity index (χ3n) is 2.72. The number of ether oxygens (including phenoxy) is 2. The number of nitrogens with one attached hydrogen (secondary N) is 1. The van der Waals surface area contributed by atoms with E-state index in [4.69, 9.17) is 4.74 Å². The Labute approximate surface area is 118 Å². The fraction of sp³-hybridized carbons (Fsp3) is 0.818. The van der Waals surface area contributed by atoms with Gasteiger partial charge in [-0.3, -0.25) is 9.59 Å². The Morgan fingerprint density at radius 1 is 1.25 bits per heavy atom. The van der Waals surface area contributed by atoms with Crippen LogP contribution >= 0.6 is 0 Å². The second-order valence-electron chi connectivity index (χ2n) is 4.14. The molecule has 1 N–H and O–H groups in total. The fourth-order valence-electron chi connectivity index (χ4n) is 1.89. The molecule has 1 aliphatic rings. The number of piperazine rings is 1. The summed E-state index contributed by atoms with van der Waals surface area (Å²) in [5, 5.41) is 2.93. The average Bonchev–Trinajstić information content (AvgIpc) is 2.38. The van der Waals surface area contributed by atoms with Crippen LogP contribution in [0, 0.1) is 0 Å². The number of carbonyl (C=O) groups is 2. The molecule has 0 radical (unpaired) electrons. The number of hydrogen-bond acceptors (Lipinski definition) is 7. The summed E-state index contributed by atoms with van der Waals surface area (Å²) < 4.78 is 34.9. The Hall–Kier alpha value is -1.19. The van der Waals surface area contributed by atoms with Crippen LogP contribution in [0.3, 0.4) is 0 Å². The van der Waals surface area contributed by atoms with Crippen molar-refractivity contribution in [3.63, 3.8) is 0 Å². The summed E-state index contributed by atoms with van der Waals surface area (Å²) in [6.45, 7) is 4.21. The molecule has 20 heavy (non-hydrogen) atoms. The number of carbonyl (C=O) groups excluding carboxylic acids is 2. The molecule has 0 aliphatic carbocycles. The molecule has 0 aromatic rings. The van der Waals surface area contributed by atoms with E-state index in [2.05, 4.69) is 10.1 Å². The smallest absolute Gasteiger partial charge is 0.325 e. The maximum atomic E-state index is 12.2. The Morgan fingerprint density at radius 3 is 2.50 bits per heavy atom. The molecular formula is C11H20N2O6S. The SMILES string of the molecule is CCOC(=O)CS(=O)(=O)N1CCNCC1C(=O)OCC. The molecule has 9 heteroatoms. The number of esters is 2. The fourth-order valence-corrected chi connectivity index (χ4v) is 3.36. The minimum absolute atomic E-state index is 0.108. The van der Waals surface area contributed by atoms with E-state index in [1.54, 1.807) is 13.8 Å². The molecule has 0 bridgehead atoms. The van der Waals surface area contributed by atoms with Gasteiger partial charge in [0.15, 0.2) is 5.75 Å². The molecule has 1 saturated heterocycles. The van der Waals surface area contributed by atoms with Gasteiger partial charge in [-0.1, -0.05) is 0 Å². The van der Waals surface area contributed by atoms with E-state index in [1.165, 1.54) is 0 Å². The lowest BCUT2D eigenvalue weighted by Gasteiger charge is -2.33. The van der Waals surface area contributed by atoms with E-state index in [1.807, 2.05) is 0 Å². The van der Waals surface area contributed by atoms with Gasteiger partial charge in [0.05, 0.1) is 13.2 Å². The summed E-state index contributed by atoms with van der Waals surface area (Å²) in [5.74, 6) is -2.21. The Bertz CT molecular complexity index is 450. The molecule has 116 valence electrons. The Balaban J connectivity index is 2.83. The molecule has 0 aromatic heterocycles. The van der Waals surface area contributed by atoms with Gasteiger partial charge in [-0.05, 0) is 13.8 Å². The van der Waals surface area contributed by atoms with Crippen LogP contribution in [-0.4, -0.2) is 69.3 Å². The third-order valence-corrected chi connectivity index (χ3v) is 4.47. The molecule has 1 fully saturated rings. The van der Waals surface area contributed by atoms with Crippen LogP contribution in [0.1, 0.15) is 13.8 Å². The van der Waals surface area contributed by atoms with Gasteiger partial charge in [0.1, 0.15) is 6.04 Å². The van der Waals surface area contributed by atoms with E-state index >= 15 is 0 Å². The lowest BCUT2D eigenvalue weighted by atomic mass is 10.2. The van der Waals surface area contributed by atoms with Crippen LogP contribution in [0.5, 0.6) is 0 Å². The van der Waals surface area contributed by atoms with Crippen molar-refractivity contribution in [2.24, 2.45) is 0 Å². The Kier molecular flexibility index (Phi) is 6.37. The van der Waals surface area contributed by atoms with Gasteiger partial charge in [0.2, 0.25) is 10.0 Å². The zero-order chi connectivity index (χ0) is 15.2. The van der Waals surface area contributed by atoms with Gasteiger partial charge in [-0.2, -0.15) is 4.31 Å². The van der Waals surface area contributed by atoms with Gasteiger partial charge in [-0.15, -0.1) is 0 Å². The highest BCUT2D eigenvalue weighted by atomic mass is 32.2. The zero-order valence-corrected chi connectivity index (χ0v) is 12.4. The first kappa shape index (κ1) is 16.9. The standard InChI is InChI=1S/C11H20N2O6S/c1-3-18-10(14)8-20(16,17)13-6-5-12-7-9(13)11(15)19-4-2/h9,12H,3-8H2,1-2H3. The molecule has 1 rings (SSSR count). The summed E-state index contributed by atoms with van der Waals surface area (Å²) in [5.41, 5.74) is 0. The molecule has 0 amide bonds. The maximum Gasteiger partial charge on any atom is 0.325 e. The molecule has 0 aromatic carbocycles. The van der Waals surface area contributed by atoms with Crippen molar-refractivity contribution in [2.45, 2.75) is 19.9 Å². The van der Waals surface area contributed by atoms with E-state index in [0.717, 1.165) is 4.31 Å². The van der Waals surface area contributed by atoms with Crippen molar-refractivity contribution in [1.29, 1.82) is 0 Å². The van der Waals surface area contributed by atoms with Crippen LogP contribution in [0.2, 0.25) is 0 Å². The van der Waals surface area contributed by atoms with Crippen molar-refractivity contribution in [2.75, 3.05) is 38.6 Å². The lowest BCUT2D eigenvalue weighted by molar-refractivity contribution is -0.148. The van der Waals surface area contributed by atoms with Crippen molar-refractivity contribution < 1.29 is 27.5 Å². The predicted octanol–water partition coefficient (Wildman–Crippen LogP) is -1.28. The summed E-state index contributed by atoms with van der Waals surface area (Å²) in [6.07, 6.45) is 0. The molecule has 1 aliphatic heterocycles. The highest BCUT2D eigenvalue weighted by molar-refractivity contribution is 7.89. The van der Waals surface area contributed by atoms with Gasteiger partial charge in [-0.25, -0.2) is 8.42 Å². The van der Waals surface area contributed by atoms with Crippen LogP contribution in [0.25, 0.3) is 0 Å². The van der Waals surface area contributed by atoms with Crippen LogP contribution in [-0.2, 0) is 29.1 Å². The summed E-state index contributed by atoms with van der Waals surface area (Å²) >= 11 is 0. The maximum absolute atomic E-state index is 12.2. The van der Waals surface area contributed by atoms with E-state index in [9.17, 15) is 18.0 Å². The molecule has 1 atom stereocenters. The third kappa shape index (κ3) is 4.43. The molecule has 0 saturated carbocycles. The van der Waals surface area contributed by atoms with Gasteiger partial charge in [0.25, 0.3) is 0 Å². The minimum atomic E-state index is -3.90. The second kappa shape index (κ2) is 7.55. The van der Waals surface area contributed by atoms with Crippen molar-refractivity contribution >= 4 is 22.0 Å². The number of hydrogen-bond donors (Lipinski definition) is 1. The Morgan fingerprint density at radius 2 is 1.90 bits per heavy atom. The molecule has 0 spiro atoms. The molecule has 1 heterocycles. The molecule has 8 nitrogen and oxygen atoms in total. The first-order valence-corrected chi connectivity index (χ1v) is 8.05. The first-order valence-electron chi connectivity index (χ1n) is 6.44. The summed E-state index contributed by atoms with van der Waals surface area (Å²) in [7, 11) is -3.90. The van der Waals surface area contributed by atoms with Crippen molar-refractivity contribution in [3.8, 4) is 0 Å². The van der Waals surface area contributed by atoms with Crippen molar-refractivity contribution in [1.82, 2.24) is 9.62 Å². The van der Waals surface area contributed by atoms with Crippen molar-refractivity contribution in [3.05, 3.63) is 0 Å². The summed E-state index contributed by atoms with van der Waals surface area (Å²) in [4.78, 5) is 23.1. The van der Waals surface area contributed by atoms with Gasteiger partial charge < -0.3 is 14.8 Å². The van der Waals surface area contributed by atoms with Gasteiger partial charge >= 0.3 is 11.9 Å². The highest BCUT2D eigenvalue weighted by Crippen LogP contribution is 2.12. The highest BCUT2D eigenvalue weighted by Gasteiger charge is 2.38. The normalized spacial score (nSPS) is 20.4. The first-order chi connectivity index (χ1) is 9.42. The van der Waals surface area contributed by atoms with Crippen LogP contribution in [0.15, 0.2) is 0 Å². The zero-order valence-electron chi connectivity index (χ0n) is 11.6. The van der Waals surface area contributed by atoms with E-state index < -0.39 is 33.8 Å². The minimum Gasteiger partial charge on any atom is -0.465 e. The average molecular weight is 308 g/mol. The van der Waals surface area contributed by atoms with E-state index in [0.29, 0.717) is 6.54 Å². The van der Waals surface area contributed by atoms with E-state index in [-0.39, 0.29) is 26.3 Å². The monoisotopic (exact) mass is 308 g/mol. The summed E-state index contributed by atoms with van der Waals surface area (Å²) in [6, 6.07) is -0.942.